The zero-order valence-corrected chi connectivity index (χ0v) is 9.62. The van der Waals surface area contributed by atoms with Crippen LogP contribution in [-0.4, -0.2) is 18.1 Å². The van der Waals surface area contributed by atoms with Crippen molar-refractivity contribution in [1.82, 2.24) is 10.3 Å². The first-order valence-corrected chi connectivity index (χ1v) is 5.65. The summed E-state index contributed by atoms with van der Waals surface area (Å²) in [6, 6.07) is 3.99. The molecule has 1 aromatic heterocycles. The van der Waals surface area contributed by atoms with Crippen molar-refractivity contribution in [3.8, 4) is 5.75 Å². The predicted octanol–water partition coefficient (Wildman–Crippen LogP) is 2.37. The highest BCUT2D eigenvalue weighted by Gasteiger charge is 1.95. The molecule has 1 N–H and O–H groups in total. The smallest absolute Gasteiger partial charge is 0.137 e. The van der Waals surface area contributed by atoms with Crippen molar-refractivity contribution in [3.63, 3.8) is 0 Å². The molecule has 0 bridgehead atoms. The molecular weight excluding hydrogens is 188 g/mol. The highest BCUT2D eigenvalue weighted by atomic mass is 16.5. The second-order valence-corrected chi connectivity index (χ2v) is 3.51. The Labute approximate surface area is 91.9 Å². The lowest BCUT2D eigenvalue weighted by Gasteiger charge is -2.05. The molecule has 3 heteroatoms. The van der Waals surface area contributed by atoms with E-state index >= 15 is 0 Å². The van der Waals surface area contributed by atoms with Gasteiger partial charge in [-0.25, -0.2) is 0 Å². The SMILES string of the molecule is CCCNCc1ccc(OCCC)cn1. The fourth-order valence-electron chi connectivity index (χ4n) is 1.21. The van der Waals surface area contributed by atoms with Gasteiger partial charge in [-0.3, -0.25) is 4.98 Å². The molecule has 0 aliphatic heterocycles. The standard InChI is InChI=1S/C12H20N2O/c1-3-7-13-9-11-5-6-12(10-14-11)15-8-4-2/h5-6,10,13H,3-4,7-9H2,1-2H3. The normalized spacial score (nSPS) is 10.3. The van der Waals surface area contributed by atoms with E-state index in [-0.39, 0.29) is 0 Å². The van der Waals surface area contributed by atoms with Crippen LogP contribution in [-0.2, 0) is 6.54 Å². The van der Waals surface area contributed by atoms with Crippen molar-refractivity contribution in [1.29, 1.82) is 0 Å². The fraction of sp³-hybridized carbons (Fsp3) is 0.583. The molecule has 0 atom stereocenters. The van der Waals surface area contributed by atoms with Crippen LogP contribution in [0.3, 0.4) is 0 Å². The molecule has 0 spiro atoms. The zero-order chi connectivity index (χ0) is 10.9. The third-order valence-corrected chi connectivity index (χ3v) is 2.00. The van der Waals surface area contributed by atoms with Gasteiger partial charge in [-0.05, 0) is 31.5 Å². The Morgan fingerprint density at radius 2 is 2.13 bits per heavy atom. The van der Waals surface area contributed by atoms with Gasteiger partial charge in [0.05, 0.1) is 18.5 Å². The third-order valence-electron chi connectivity index (χ3n) is 2.00. The quantitative estimate of drug-likeness (QED) is 0.698. The molecule has 0 amide bonds. The first-order valence-electron chi connectivity index (χ1n) is 5.65. The van der Waals surface area contributed by atoms with Crippen molar-refractivity contribution in [3.05, 3.63) is 24.0 Å². The van der Waals surface area contributed by atoms with Gasteiger partial charge >= 0.3 is 0 Å². The predicted molar refractivity (Wildman–Crippen MR) is 62.0 cm³/mol. The van der Waals surface area contributed by atoms with E-state index in [9.17, 15) is 0 Å². The molecule has 0 aliphatic rings. The lowest BCUT2D eigenvalue weighted by atomic mass is 10.3. The molecule has 0 saturated heterocycles. The van der Waals surface area contributed by atoms with E-state index in [2.05, 4.69) is 24.1 Å². The van der Waals surface area contributed by atoms with Crippen LogP contribution in [0.25, 0.3) is 0 Å². The minimum absolute atomic E-state index is 0.759. The third kappa shape index (κ3) is 4.79. The molecule has 0 aliphatic carbocycles. The minimum Gasteiger partial charge on any atom is -0.492 e. The van der Waals surface area contributed by atoms with Crippen LogP contribution in [0, 0.1) is 0 Å². The van der Waals surface area contributed by atoms with Gasteiger partial charge in [0.1, 0.15) is 5.75 Å². The van der Waals surface area contributed by atoms with E-state index in [1.54, 1.807) is 6.20 Å². The molecule has 1 rings (SSSR count). The van der Waals surface area contributed by atoms with Gasteiger partial charge in [-0.2, -0.15) is 0 Å². The molecule has 0 saturated carbocycles. The second kappa shape index (κ2) is 7.23. The summed E-state index contributed by atoms with van der Waals surface area (Å²) in [5.74, 6) is 0.857. The van der Waals surface area contributed by atoms with E-state index in [4.69, 9.17) is 4.74 Å². The number of hydrogen-bond donors (Lipinski definition) is 1. The summed E-state index contributed by atoms with van der Waals surface area (Å²) in [6.45, 7) is 6.88. The molecular formula is C12H20N2O. The Balaban J connectivity index is 2.35. The van der Waals surface area contributed by atoms with Gasteiger partial charge in [-0.15, -0.1) is 0 Å². The average molecular weight is 208 g/mol. The van der Waals surface area contributed by atoms with E-state index in [1.165, 1.54) is 0 Å². The van der Waals surface area contributed by atoms with Crippen LogP contribution in [0.5, 0.6) is 5.75 Å². The summed E-state index contributed by atoms with van der Waals surface area (Å²) in [5, 5.41) is 3.31. The molecule has 1 aromatic rings. The van der Waals surface area contributed by atoms with E-state index < -0.39 is 0 Å². The summed E-state index contributed by atoms with van der Waals surface area (Å²) in [4.78, 5) is 4.32. The summed E-state index contributed by atoms with van der Waals surface area (Å²) in [6.07, 6.45) is 3.97. The zero-order valence-electron chi connectivity index (χ0n) is 9.62. The Hall–Kier alpha value is -1.09. The minimum atomic E-state index is 0.759. The Morgan fingerprint density at radius 3 is 2.73 bits per heavy atom. The van der Waals surface area contributed by atoms with Crippen LogP contribution in [0.1, 0.15) is 32.4 Å². The molecule has 3 nitrogen and oxygen atoms in total. The second-order valence-electron chi connectivity index (χ2n) is 3.51. The Bertz CT molecular complexity index is 259. The summed E-state index contributed by atoms with van der Waals surface area (Å²) in [5.41, 5.74) is 1.06. The van der Waals surface area contributed by atoms with Crippen LogP contribution < -0.4 is 10.1 Å². The number of aromatic nitrogens is 1. The number of rotatable bonds is 7. The van der Waals surface area contributed by atoms with Crippen molar-refractivity contribution >= 4 is 0 Å². The summed E-state index contributed by atoms with van der Waals surface area (Å²) in [7, 11) is 0. The van der Waals surface area contributed by atoms with Crippen molar-refractivity contribution < 1.29 is 4.74 Å². The summed E-state index contributed by atoms with van der Waals surface area (Å²) < 4.78 is 5.45. The van der Waals surface area contributed by atoms with Gasteiger partial charge in [0.2, 0.25) is 0 Å². The largest absolute Gasteiger partial charge is 0.492 e. The maximum Gasteiger partial charge on any atom is 0.137 e. The van der Waals surface area contributed by atoms with Gasteiger partial charge < -0.3 is 10.1 Å². The number of hydrogen-bond acceptors (Lipinski definition) is 3. The molecule has 0 aromatic carbocycles. The highest BCUT2D eigenvalue weighted by Crippen LogP contribution is 2.09. The van der Waals surface area contributed by atoms with E-state index in [0.29, 0.717) is 0 Å². The van der Waals surface area contributed by atoms with Crippen LogP contribution in [0.15, 0.2) is 18.3 Å². The monoisotopic (exact) mass is 208 g/mol. The number of nitrogens with one attached hydrogen (secondary N) is 1. The number of nitrogens with zero attached hydrogens (tertiary/aromatic N) is 1. The van der Waals surface area contributed by atoms with Crippen molar-refractivity contribution in [2.45, 2.75) is 33.2 Å². The molecule has 84 valence electrons. The van der Waals surface area contributed by atoms with Gasteiger partial charge in [0.15, 0.2) is 0 Å². The van der Waals surface area contributed by atoms with Crippen molar-refractivity contribution in [2.75, 3.05) is 13.2 Å². The number of pyridine rings is 1. The van der Waals surface area contributed by atoms with Crippen LogP contribution >= 0.6 is 0 Å². The maximum atomic E-state index is 5.45. The first kappa shape index (κ1) is 12.0. The van der Waals surface area contributed by atoms with Crippen molar-refractivity contribution in [2.24, 2.45) is 0 Å². The van der Waals surface area contributed by atoms with Gasteiger partial charge in [0.25, 0.3) is 0 Å². The maximum absolute atomic E-state index is 5.45. The van der Waals surface area contributed by atoms with Crippen LogP contribution in [0.4, 0.5) is 0 Å². The molecule has 0 unspecified atom stereocenters. The van der Waals surface area contributed by atoms with Crippen LogP contribution in [0.2, 0.25) is 0 Å². The number of ether oxygens (including phenoxy) is 1. The lowest BCUT2D eigenvalue weighted by molar-refractivity contribution is 0.316. The lowest BCUT2D eigenvalue weighted by Crippen LogP contribution is -2.14. The molecule has 15 heavy (non-hydrogen) atoms. The summed E-state index contributed by atoms with van der Waals surface area (Å²) >= 11 is 0. The Morgan fingerprint density at radius 1 is 1.27 bits per heavy atom. The van der Waals surface area contributed by atoms with E-state index in [0.717, 1.165) is 44.0 Å². The highest BCUT2D eigenvalue weighted by molar-refractivity contribution is 5.19. The average Bonchev–Trinajstić information content (AvgIpc) is 2.28. The van der Waals surface area contributed by atoms with E-state index in [1.807, 2.05) is 12.1 Å². The fourth-order valence-corrected chi connectivity index (χ4v) is 1.21. The molecule has 0 fully saturated rings. The van der Waals surface area contributed by atoms with Gasteiger partial charge in [-0.1, -0.05) is 13.8 Å². The first-order chi connectivity index (χ1) is 7.36. The molecule has 0 radical (unpaired) electrons. The topological polar surface area (TPSA) is 34.1 Å². The Kier molecular flexibility index (Phi) is 5.78. The molecule has 1 heterocycles. The van der Waals surface area contributed by atoms with Gasteiger partial charge in [0, 0.05) is 6.54 Å².